The second-order valence-electron chi connectivity index (χ2n) is 6.29. The van der Waals surface area contributed by atoms with Gasteiger partial charge in [-0.05, 0) is 12.1 Å². The minimum atomic E-state index is 0.342. The van der Waals surface area contributed by atoms with E-state index in [1.165, 1.54) is 6.33 Å². The summed E-state index contributed by atoms with van der Waals surface area (Å²) in [6.45, 7) is 0. The lowest BCUT2D eigenvalue weighted by Gasteiger charge is -2.16. The zero-order valence-corrected chi connectivity index (χ0v) is 16.3. The summed E-state index contributed by atoms with van der Waals surface area (Å²) in [5, 5.41) is 0.651. The minimum absolute atomic E-state index is 0.342. The Bertz CT molecular complexity index is 1180. The van der Waals surface area contributed by atoms with Crippen molar-refractivity contribution in [2.45, 2.75) is 0 Å². The van der Waals surface area contributed by atoms with E-state index >= 15 is 0 Å². The Morgan fingerprint density at radius 1 is 0.759 bits per heavy atom. The molecule has 7 heteroatoms. The molecule has 0 unspecified atom stereocenters. The number of rotatable bonds is 5. The van der Waals surface area contributed by atoms with Gasteiger partial charge in [-0.15, -0.1) is 0 Å². The van der Waals surface area contributed by atoms with Crippen molar-refractivity contribution < 1.29 is 14.2 Å². The third-order valence-electron chi connectivity index (χ3n) is 4.70. The average Bonchev–Trinajstić information content (AvgIpc) is 2.78. The van der Waals surface area contributed by atoms with Crippen LogP contribution in [-0.4, -0.2) is 36.3 Å². The summed E-state index contributed by atoms with van der Waals surface area (Å²) in [6.07, 6.45) is 1.41. The fraction of sp³-hybridized carbons (Fsp3) is 0.136. The number of benzene rings is 2. The van der Waals surface area contributed by atoms with Crippen LogP contribution in [0, 0.1) is 0 Å². The van der Waals surface area contributed by atoms with E-state index in [1.807, 2.05) is 42.5 Å². The van der Waals surface area contributed by atoms with Gasteiger partial charge in [0, 0.05) is 22.8 Å². The molecule has 0 amide bonds. The van der Waals surface area contributed by atoms with Crippen molar-refractivity contribution in [2.75, 3.05) is 27.1 Å². The molecule has 4 rings (SSSR count). The smallest absolute Gasteiger partial charge is 0.165 e. The summed E-state index contributed by atoms with van der Waals surface area (Å²) in [5.41, 5.74) is 10.0. The van der Waals surface area contributed by atoms with Gasteiger partial charge >= 0.3 is 0 Å². The van der Waals surface area contributed by atoms with Crippen molar-refractivity contribution in [3.8, 4) is 39.6 Å². The second kappa shape index (κ2) is 7.63. The summed E-state index contributed by atoms with van der Waals surface area (Å²) in [7, 11) is 4.77. The van der Waals surface area contributed by atoms with Gasteiger partial charge in [-0.2, -0.15) is 0 Å². The van der Waals surface area contributed by atoms with Crippen molar-refractivity contribution in [2.24, 2.45) is 0 Å². The number of ether oxygens (including phenoxy) is 3. The standard InChI is InChI=1S/C22H20N4O3/c1-27-17-11-19(29-3)18(28-2)10-14(17)15-9-16(13-7-5-4-6-8-13)26-22-20(15)21(23)24-12-25-22/h4-12H,1-3H3,(H2,23,24,25,26). The molecule has 0 radical (unpaired) electrons. The average molecular weight is 388 g/mol. The van der Waals surface area contributed by atoms with Crippen LogP contribution in [-0.2, 0) is 0 Å². The molecule has 0 spiro atoms. The first-order valence-corrected chi connectivity index (χ1v) is 8.93. The molecular weight excluding hydrogens is 368 g/mol. The Kier molecular flexibility index (Phi) is 4.87. The van der Waals surface area contributed by atoms with Crippen molar-refractivity contribution in [3.63, 3.8) is 0 Å². The summed E-state index contributed by atoms with van der Waals surface area (Å²) in [5.74, 6) is 2.09. The Hall–Kier alpha value is -3.87. The molecule has 0 aliphatic carbocycles. The Morgan fingerprint density at radius 2 is 1.45 bits per heavy atom. The number of methoxy groups -OCH3 is 3. The molecule has 146 valence electrons. The fourth-order valence-electron chi connectivity index (χ4n) is 3.30. The predicted octanol–water partition coefficient (Wildman–Crippen LogP) is 3.97. The molecule has 4 aromatic rings. The highest BCUT2D eigenvalue weighted by molar-refractivity contribution is 6.02. The van der Waals surface area contributed by atoms with Crippen molar-refractivity contribution in [1.29, 1.82) is 0 Å². The summed E-state index contributed by atoms with van der Waals surface area (Å²) in [6, 6.07) is 15.5. The molecule has 0 aliphatic heterocycles. The van der Waals surface area contributed by atoms with E-state index in [0.29, 0.717) is 34.1 Å². The first kappa shape index (κ1) is 18.5. The first-order chi connectivity index (χ1) is 14.2. The fourth-order valence-corrected chi connectivity index (χ4v) is 3.30. The molecule has 29 heavy (non-hydrogen) atoms. The van der Waals surface area contributed by atoms with Crippen LogP contribution in [0.25, 0.3) is 33.4 Å². The third kappa shape index (κ3) is 3.27. The van der Waals surface area contributed by atoms with E-state index in [1.54, 1.807) is 27.4 Å². The molecule has 0 fully saturated rings. The molecule has 0 saturated heterocycles. The number of hydrogen-bond acceptors (Lipinski definition) is 7. The quantitative estimate of drug-likeness (QED) is 0.553. The molecule has 0 bridgehead atoms. The maximum atomic E-state index is 6.21. The summed E-state index contributed by atoms with van der Waals surface area (Å²) >= 11 is 0. The molecule has 2 aromatic heterocycles. The lowest BCUT2D eigenvalue weighted by atomic mass is 9.98. The van der Waals surface area contributed by atoms with E-state index in [2.05, 4.69) is 9.97 Å². The normalized spacial score (nSPS) is 10.7. The predicted molar refractivity (Wildman–Crippen MR) is 112 cm³/mol. The lowest BCUT2D eigenvalue weighted by Crippen LogP contribution is -2.00. The van der Waals surface area contributed by atoms with E-state index in [4.69, 9.17) is 24.9 Å². The Balaban J connectivity index is 2.08. The van der Waals surface area contributed by atoms with Gasteiger partial charge in [-0.3, -0.25) is 0 Å². The van der Waals surface area contributed by atoms with Crippen LogP contribution < -0.4 is 19.9 Å². The molecule has 0 atom stereocenters. The number of anilines is 1. The van der Waals surface area contributed by atoms with Gasteiger partial charge < -0.3 is 19.9 Å². The topological polar surface area (TPSA) is 92.4 Å². The number of nitrogen functional groups attached to an aromatic ring is 1. The number of nitrogens with zero attached hydrogens (tertiary/aromatic N) is 3. The minimum Gasteiger partial charge on any atom is -0.496 e. The van der Waals surface area contributed by atoms with Crippen molar-refractivity contribution in [3.05, 3.63) is 54.9 Å². The zero-order valence-electron chi connectivity index (χ0n) is 16.3. The van der Waals surface area contributed by atoms with Crippen LogP contribution in [0.2, 0.25) is 0 Å². The third-order valence-corrected chi connectivity index (χ3v) is 4.70. The number of fused-ring (bicyclic) bond motifs is 1. The second-order valence-corrected chi connectivity index (χ2v) is 6.29. The van der Waals surface area contributed by atoms with Gasteiger partial charge in [0.25, 0.3) is 0 Å². The molecule has 0 saturated carbocycles. The van der Waals surface area contributed by atoms with Crippen LogP contribution in [0.4, 0.5) is 5.82 Å². The monoisotopic (exact) mass is 388 g/mol. The molecule has 2 N–H and O–H groups in total. The van der Waals surface area contributed by atoms with Gasteiger partial charge in [0.2, 0.25) is 0 Å². The Morgan fingerprint density at radius 3 is 2.14 bits per heavy atom. The largest absolute Gasteiger partial charge is 0.496 e. The number of hydrogen-bond donors (Lipinski definition) is 1. The maximum Gasteiger partial charge on any atom is 0.165 e. The van der Waals surface area contributed by atoms with Crippen LogP contribution >= 0.6 is 0 Å². The molecule has 0 aliphatic rings. The molecule has 7 nitrogen and oxygen atoms in total. The molecular formula is C22H20N4O3. The van der Waals surface area contributed by atoms with E-state index in [0.717, 1.165) is 22.4 Å². The van der Waals surface area contributed by atoms with Gasteiger partial charge in [0.05, 0.1) is 32.4 Å². The van der Waals surface area contributed by atoms with Gasteiger partial charge in [-0.1, -0.05) is 30.3 Å². The zero-order chi connectivity index (χ0) is 20.4. The number of pyridine rings is 1. The highest BCUT2D eigenvalue weighted by atomic mass is 16.5. The maximum absolute atomic E-state index is 6.21. The molecule has 2 aromatic carbocycles. The van der Waals surface area contributed by atoms with Crippen molar-refractivity contribution >= 4 is 16.9 Å². The highest BCUT2D eigenvalue weighted by Gasteiger charge is 2.19. The first-order valence-electron chi connectivity index (χ1n) is 8.93. The van der Waals surface area contributed by atoms with E-state index < -0.39 is 0 Å². The van der Waals surface area contributed by atoms with Gasteiger partial charge in [-0.25, -0.2) is 15.0 Å². The van der Waals surface area contributed by atoms with Gasteiger partial charge in [0.15, 0.2) is 17.1 Å². The van der Waals surface area contributed by atoms with E-state index in [-0.39, 0.29) is 0 Å². The van der Waals surface area contributed by atoms with E-state index in [9.17, 15) is 0 Å². The van der Waals surface area contributed by atoms with Crippen LogP contribution in [0.5, 0.6) is 17.2 Å². The number of aromatic nitrogens is 3. The summed E-state index contributed by atoms with van der Waals surface area (Å²) < 4.78 is 16.5. The van der Waals surface area contributed by atoms with Crippen LogP contribution in [0.1, 0.15) is 0 Å². The SMILES string of the molecule is COc1cc(OC)c(-c2cc(-c3ccccc3)nc3ncnc(N)c23)cc1OC. The highest BCUT2D eigenvalue weighted by Crippen LogP contribution is 2.43. The van der Waals surface area contributed by atoms with Crippen LogP contribution in [0.3, 0.4) is 0 Å². The summed E-state index contributed by atoms with van der Waals surface area (Å²) in [4.78, 5) is 13.2. The van der Waals surface area contributed by atoms with Crippen molar-refractivity contribution in [1.82, 2.24) is 15.0 Å². The van der Waals surface area contributed by atoms with Crippen LogP contribution in [0.15, 0.2) is 54.9 Å². The number of nitrogens with two attached hydrogens (primary N) is 1. The lowest BCUT2D eigenvalue weighted by molar-refractivity contribution is 0.349. The Labute approximate surface area is 168 Å². The van der Waals surface area contributed by atoms with Gasteiger partial charge in [0.1, 0.15) is 17.9 Å². The molecule has 2 heterocycles.